The van der Waals surface area contributed by atoms with Gasteiger partial charge in [-0.25, -0.2) is 4.79 Å². The quantitative estimate of drug-likeness (QED) is 0.787. The topological polar surface area (TPSA) is 56.8 Å². The van der Waals surface area contributed by atoms with Crippen LogP contribution in [0.2, 0.25) is 0 Å². The van der Waals surface area contributed by atoms with E-state index in [4.69, 9.17) is 14.2 Å². The molecule has 5 nitrogen and oxygen atoms in total. The fraction of sp³-hybridized carbons (Fsp3) is 0.533. The molecule has 1 unspecified atom stereocenters. The lowest BCUT2D eigenvalue weighted by molar-refractivity contribution is -0.146. The van der Waals surface area contributed by atoms with Gasteiger partial charge in [-0.05, 0) is 26.3 Å². The van der Waals surface area contributed by atoms with Crippen LogP contribution in [0.1, 0.15) is 20.3 Å². The maximum Gasteiger partial charge on any atom is 0.413 e. The van der Waals surface area contributed by atoms with Crippen molar-refractivity contribution in [2.75, 3.05) is 6.61 Å². The highest BCUT2D eigenvalue weighted by atomic mass is 16.7. The van der Waals surface area contributed by atoms with E-state index in [1.807, 2.05) is 13.8 Å². The van der Waals surface area contributed by atoms with Gasteiger partial charge in [-0.3, -0.25) is 0 Å². The molecule has 1 N–H and O–H groups in total. The van der Waals surface area contributed by atoms with Crippen molar-refractivity contribution in [1.29, 1.82) is 0 Å². The second-order valence-corrected chi connectivity index (χ2v) is 5.93. The molecule has 20 heavy (non-hydrogen) atoms. The molecule has 0 radical (unpaired) electrons. The largest absolute Gasteiger partial charge is 0.413 e. The van der Waals surface area contributed by atoms with Crippen LogP contribution in [0.5, 0.6) is 0 Å². The van der Waals surface area contributed by atoms with Crippen molar-refractivity contribution in [3.63, 3.8) is 0 Å². The molecule has 3 aliphatic rings. The molecule has 0 saturated carbocycles. The summed E-state index contributed by atoms with van der Waals surface area (Å²) in [5, 5.41) is 2.87. The SMILES string of the molecule is C=C[C@]12NC(=O)OC1=CC(=C)CC2[C@H]1COC(C)(C)O1. The molecule has 0 bridgehead atoms. The van der Waals surface area contributed by atoms with Crippen LogP contribution in [0, 0.1) is 5.92 Å². The van der Waals surface area contributed by atoms with Crippen molar-refractivity contribution in [3.8, 4) is 0 Å². The molecule has 2 fully saturated rings. The lowest BCUT2D eigenvalue weighted by atomic mass is 9.72. The van der Waals surface area contributed by atoms with E-state index < -0.39 is 17.4 Å². The minimum Gasteiger partial charge on any atom is -0.412 e. The first kappa shape index (κ1) is 13.4. The minimum atomic E-state index is -0.729. The standard InChI is InChI=1S/C15H19NO4/c1-5-15-10(11-8-18-14(3,4)20-11)6-9(2)7-12(15)19-13(17)16-15/h5,7,10-11H,1-2,6,8H2,3-4H3,(H,16,17)/t10?,11-,15-/m1/s1. The van der Waals surface area contributed by atoms with Crippen molar-refractivity contribution in [3.05, 3.63) is 36.6 Å². The number of fused-ring (bicyclic) bond motifs is 1. The normalized spacial score (nSPS) is 38.8. The van der Waals surface area contributed by atoms with Crippen LogP contribution in [0.25, 0.3) is 0 Å². The number of amides is 1. The summed E-state index contributed by atoms with van der Waals surface area (Å²) in [6.45, 7) is 12.1. The summed E-state index contributed by atoms with van der Waals surface area (Å²) in [5.41, 5.74) is 0.180. The number of alkyl carbamates (subject to hydrolysis) is 1. The number of carbonyl (C=O) groups is 1. The van der Waals surface area contributed by atoms with Crippen LogP contribution >= 0.6 is 0 Å². The smallest absolute Gasteiger partial charge is 0.412 e. The summed E-state index contributed by atoms with van der Waals surface area (Å²) < 4.78 is 16.9. The molecule has 1 amide bonds. The van der Waals surface area contributed by atoms with Crippen LogP contribution in [-0.4, -0.2) is 30.1 Å². The van der Waals surface area contributed by atoms with Crippen LogP contribution in [0.15, 0.2) is 36.6 Å². The number of ether oxygens (including phenoxy) is 3. The van der Waals surface area contributed by atoms with Gasteiger partial charge in [0.25, 0.3) is 0 Å². The fourth-order valence-electron chi connectivity index (χ4n) is 3.19. The lowest BCUT2D eigenvalue weighted by Gasteiger charge is -2.39. The molecule has 2 saturated heterocycles. The minimum absolute atomic E-state index is 0.0410. The number of nitrogens with one attached hydrogen (secondary N) is 1. The Hall–Kier alpha value is -1.59. The predicted octanol–water partition coefficient (Wildman–Crippen LogP) is 2.26. The van der Waals surface area contributed by atoms with Crippen molar-refractivity contribution >= 4 is 6.09 Å². The number of carbonyl (C=O) groups excluding carboxylic acids is 1. The Bertz CT molecular complexity index is 522. The van der Waals surface area contributed by atoms with Crippen molar-refractivity contribution in [2.45, 2.75) is 37.7 Å². The summed E-state index contributed by atoms with van der Waals surface area (Å²) >= 11 is 0. The van der Waals surface area contributed by atoms with Crippen molar-refractivity contribution in [1.82, 2.24) is 5.32 Å². The summed E-state index contributed by atoms with van der Waals surface area (Å²) in [7, 11) is 0. The zero-order chi connectivity index (χ0) is 14.5. The third-order valence-electron chi connectivity index (χ3n) is 4.12. The molecule has 0 aromatic heterocycles. The average Bonchev–Trinajstić information content (AvgIpc) is 2.87. The second-order valence-electron chi connectivity index (χ2n) is 5.93. The Morgan fingerprint density at radius 3 is 2.85 bits per heavy atom. The predicted molar refractivity (Wildman–Crippen MR) is 72.8 cm³/mol. The monoisotopic (exact) mass is 277 g/mol. The van der Waals surface area contributed by atoms with Gasteiger partial charge in [-0.1, -0.05) is 18.2 Å². The van der Waals surface area contributed by atoms with E-state index in [0.29, 0.717) is 18.8 Å². The summed E-state index contributed by atoms with van der Waals surface area (Å²) in [6, 6.07) is 0. The van der Waals surface area contributed by atoms with Crippen LogP contribution in [-0.2, 0) is 14.2 Å². The van der Waals surface area contributed by atoms with Crippen LogP contribution < -0.4 is 5.32 Å². The van der Waals surface area contributed by atoms with E-state index in [0.717, 1.165) is 5.57 Å². The van der Waals surface area contributed by atoms with Gasteiger partial charge in [-0.2, -0.15) is 0 Å². The highest BCUT2D eigenvalue weighted by Crippen LogP contribution is 2.45. The Morgan fingerprint density at radius 1 is 1.50 bits per heavy atom. The van der Waals surface area contributed by atoms with E-state index >= 15 is 0 Å². The Labute approximate surface area is 118 Å². The Morgan fingerprint density at radius 2 is 2.25 bits per heavy atom. The number of allylic oxidation sites excluding steroid dienone is 2. The van der Waals surface area contributed by atoms with Gasteiger partial charge in [0.05, 0.1) is 12.7 Å². The van der Waals surface area contributed by atoms with Crippen LogP contribution in [0.3, 0.4) is 0 Å². The summed E-state index contributed by atoms with van der Waals surface area (Å²) in [6.07, 6.45) is 3.61. The summed E-state index contributed by atoms with van der Waals surface area (Å²) in [5.74, 6) is -0.105. The molecule has 0 aromatic rings. The molecule has 3 rings (SSSR count). The zero-order valence-electron chi connectivity index (χ0n) is 11.8. The maximum atomic E-state index is 11.6. The fourth-order valence-corrected chi connectivity index (χ4v) is 3.19. The first-order valence-electron chi connectivity index (χ1n) is 6.71. The first-order chi connectivity index (χ1) is 9.36. The van der Waals surface area contributed by atoms with E-state index in [1.54, 1.807) is 12.2 Å². The van der Waals surface area contributed by atoms with Crippen molar-refractivity contribution in [2.24, 2.45) is 5.92 Å². The van der Waals surface area contributed by atoms with Gasteiger partial charge in [0.2, 0.25) is 0 Å². The molecule has 2 heterocycles. The maximum absolute atomic E-state index is 11.6. The third-order valence-corrected chi connectivity index (χ3v) is 4.12. The molecular weight excluding hydrogens is 258 g/mol. The highest BCUT2D eigenvalue weighted by Gasteiger charge is 2.55. The van der Waals surface area contributed by atoms with E-state index in [1.165, 1.54) is 0 Å². The van der Waals surface area contributed by atoms with Gasteiger partial charge in [0.1, 0.15) is 11.3 Å². The van der Waals surface area contributed by atoms with E-state index in [9.17, 15) is 4.79 Å². The number of rotatable bonds is 2. The Balaban J connectivity index is 1.98. The number of hydrogen-bond acceptors (Lipinski definition) is 4. The molecule has 0 aromatic carbocycles. The molecular formula is C15H19NO4. The van der Waals surface area contributed by atoms with E-state index in [2.05, 4.69) is 18.5 Å². The third kappa shape index (κ3) is 1.89. The Kier molecular flexibility index (Phi) is 2.81. The second kappa shape index (κ2) is 4.20. The number of hydrogen-bond donors (Lipinski definition) is 1. The summed E-state index contributed by atoms with van der Waals surface area (Å²) in [4.78, 5) is 11.6. The highest BCUT2D eigenvalue weighted by molar-refractivity contribution is 5.76. The zero-order valence-corrected chi connectivity index (χ0v) is 11.8. The first-order valence-corrected chi connectivity index (χ1v) is 6.71. The van der Waals surface area contributed by atoms with Gasteiger partial charge in [0, 0.05) is 5.92 Å². The van der Waals surface area contributed by atoms with Crippen LogP contribution in [0.4, 0.5) is 4.79 Å². The van der Waals surface area contributed by atoms with Gasteiger partial charge >= 0.3 is 6.09 Å². The van der Waals surface area contributed by atoms with Gasteiger partial charge in [-0.15, -0.1) is 6.58 Å². The van der Waals surface area contributed by atoms with E-state index in [-0.39, 0.29) is 12.0 Å². The molecule has 108 valence electrons. The molecule has 0 spiro atoms. The molecule has 3 atom stereocenters. The average molecular weight is 277 g/mol. The van der Waals surface area contributed by atoms with Gasteiger partial charge < -0.3 is 19.5 Å². The lowest BCUT2D eigenvalue weighted by Crippen LogP contribution is -2.53. The molecule has 2 aliphatic heterocycles. The van der Waals surface area contributed by atoms with Gasteiger partial charge in [0.15, 0.2) is 5.79 Å². The molecule has 5 heteroatoms. The molecule has 1 aliphatic carbocycles. The van der Waals surface area contributed by atoms with Crippen molar-refractivity contribution < 1.29 is 19.0 Å².